The summed E-state index contributed by atoms with van der Waals surface area (Å²) in [7, 11) is 0. The Labute approximate surface area is 131 Å². The zero-order valence-electron chi connectivity index (χ0n) is 12.4. The van der Waals surface area contributed by atoms with Gasteiger partial charge in [0.05, 0.1) is 17.3 Å². The van der Waals surface area contributed by atoms with Gasteiger partial charge in [-0.1, -0.05) is 11.6 Å². The predicted octanol–water partition coefficient (Wildman–Crippen LogP) is 3.56. The lowest BCUT2D eigenvalue weighted by Gasteiger charge is -2.31. The Morgan fingerprint density at radius 1 is 1.41 bits per heavy atom. The van der Waals surface area contributed by atoms with Crippen LogP contribution < -0.4 is 5.32 Å². The highest BCUT2D eigenvalue weighted by Crippen LogP contribution is 2.31. The van der Waals surface area contributed by atoms with Gasteiger partial charge in [0.1, 0.15) is 5.15 Å². The number of rotatable bonds is 5. The minimum atomic E-state index is -2.71. The summed E-state index contributed by atoms with van der Waals surface area (Å²) >= 11 is 5.91. The molecule has 2 heterocycles. The fourth-order valence-corrected chi connectivity index (χ4v) is 1.94. The second-order valence-corrected chi connectivity index (χ2v) is 5.92. The number of pyridine rings is 1. The molecule has 0 fully saturated rings. The van der Waals surface area contributed by atoms with Crippen molar-refractivity contribution in [3.63, 3.8) is 0 Å². The largest absolute Gasteiger partial charge is 0.391 e. The normalized spacial score (nSPS) is 13.5. The maximum Gasteiger partial charge on any atom is 0.333 e. The lowest BCUT2D eigenvalue weighted by molar-refractivity contribution is 0.0568. The number of aromatic nitrogens is 3. The first-order valence-electron chi connectivity index (χ1n) is 6.66. The van der Waals surface area contributed by atoms with Gasteiger partial charge in [0.2, 0.25) is 0 Å². The summed E-state index contributed by atoms with van der Waals surface area (Å²) in [6.07, 6.45) is 2.00. The summed E-state index contributed by atoms with van der Waals surface area (Å²) in [6, 6.07) is 3.04. The molecule has 1 unspecified atom stereocenters. The van der Waals surface area contributed by atoms with Crippen LogP contribution in [0.1, 0.15) is 27.3 Å². The minimum Gasteiger partial charge on any atom is -0.391 e. The zero-order chi connectivity index (χ0) is 16.5. The van der Waals surface area contributed by atoms with Crippen molar-refractivity contribution in [2.24, 2.45) is 0 Å². The van der Waals surface area contributed by atoms with Crippen molar-refractivity contribution in [2.75, 3.05) is 5.32 Å². The SMILES string of the molecule is CC(O)C(C)(C)Nc1cc(Cl)ncc1-c1ccn(C(F)F)n1. The molecule has 22 heavy (non-hydrogen) atoms. The molecule has 2 aromatic heterocycles. The molecule has 2 aromatic rings. The van der Waals surface area contributed by atoms with Crippen molar-refractivity contribution in [1.82, 2.24) is 14.8 Å². The lowest BCUT2D eigenvalue weighted by Crippen LogP contribution is -2.42. The molecule has 0 aliphatic rings. The minimum absolute atomic E-state index is 0.251. The van der Waals surface area contributed by atoms with E-state index in [2.05, 4.69) is 15.4 Å². The molecule has 2 N–H and O–H groups in total. The third-order valence-corrected chi connectivity index (χ3v) is 3.66. The van der Waals surface area contributed by atoms with Crippen molar-refractivity contribution >= 4 is 17.3 Å². The fraction of sp³-hybridized carbons (Fsp3) is 0.429. The first-order chi connectivity index (χ1) is 10.2. The highest BCUT2D eigenvalue weighted by molar-refractivity contribution is 6.29. The molecule has 120 valence electrons. The Morgan fingerprint density at radius 3 is 2.64 bits per heavy atom. The van der Waals surface area contributed by atoms with Crippen molar-refractivity contribution < 1.29 is 13.9 Å². The van der Waals surface area contributed by atoms with Crippen LogP contribution in [0, 0.1) is 0 Å². The van der Waals surface area contributed by atoms with Crippen LogP contribution in [0.2, 0.25) is 5.15 Å². The fourth-order valence-electron chi connectivity index (χ4n) is 1.78. The van der Waals surface area contributed by atoms with E-state index in [-0.39, 0.29) is 5.15 Å². The third-order valence-electron chi connectivity index (χ3n) is 3.46. The second-order valence-electron chi connectivity index (χ2n) is 5.53. The van der Waals surface area contributed by atoms with Gasteiger partial charge in [-0.2, -0.15) is 13.9 Å². The van der Waals surface area contributed by atoms with Gasteiger partial charge in [-0.15, -0.1) is 0 Å². The zero-order valence-corrected chi connectivity index (χ0v) is 13.1. The van der Waals surface area contributed by atoms with E-state index < -0.39 is 18.2 Å². The number of aliphatic hydroxyl groups is 1. The molecule has 0 spiro atoms. The Hall–Kier alpha value is -1.73. The molecule has 0 aliphatic carbocycles. The molecule has 1 atom stereocenters. The number of hydrogen-bond acceptors (Lipinski definition) is 4. The maximum absolute atomic E-state index is 12.7. The topological polar surface area (TPSA) is 63.0 Å². The number of nitrogens with one attached hydrogen (secondary N) is 1. The average Bonchev–Trinajstić information content (AvgIpc) is 2.87. The van der Waals surface area contributed by atoms with Gasteiger partial charge < -0.3 is 10.4 Å². The van der Waals surface area contributed by atoms with Gasteiger partial charge in [0.25, 0.3) is 0 Å². The van der Waals surface area contributed by atoms with Crippen LogP contribution in [0.25, 0.3) is 11.3 Å². The number of halogens is 3. The van der Waals surface area contributed by atoms with Gasteiger partial charge in [0, 0.05) is 23.6 Å². The summed E-state index contributed by atoms with van der Waals surface area (Å²) in [5.74, 6) is 0. The van der Waals surface area contributed by atoms with E-state index >= 15 is 0 Å². The smallest absolute Gasteiger partial charge is 0.333 e. The highest BCUT2D eigenvalue weighted by Gasteiger charge is 2.25. The molecule has 8 heteroatoms. The van der Waals surface area contributed by atoms with Crippen LogP contribution in [0.5, 0.6) is 0 Å². The molecule has 0 saturated heterocycles. The number of aliphatic hydroxyl groups excluding tert-OH is 1. The van der Waals surface area contributed by atoms with E-state index in [1.165, 1.54) is 18.5 Å². The van der Waals surface area contributed by atoms with Crippen LogP contribution in [0.4, 0.5) is 14.5 Å². The molecule has 0 amide bonds. The number of hydrogen-bond donors (Lipinski definition) is 2. The predicted molar refractivity (Wildman–Crippen MR) is 81.1 cm³/mol. The van der Waals surface area contributed by atoms with E-state index in [4.69, 9.17) is 11.6 Å². The van der Waals surface area contributed by atoms with Crippen LogP contribution in [-0.2, 0) is 0 Å². The molecule has 0 bridgehead atoms. The number of nitrogens with zero attached hydrogens (tertiary/aromatic N) is 3. The number of alkyl halides is 2. The molecule has 5 nitrogen and oxygen atoms in total. The summed E-state index contributed by atoms with van der Waals surface area (Å²) in [6.45, 7) is 2.57. The average molecular weight is 331 g/mol. The number of anilines is 1. The maximum atomic E-state index is 12.7. The van der Waals surface area contributed by atoms with Gasteiger partial charge in [0.15, 0.2) is 0 Å². The quantitative estimate of drug-likeness (QED) is 0.823. The van der Waals surface area contributed by atoms with Crippen LogP contribution in [0.3, 0.4) is 0 Å². The van der Waals surface area contributed by atoms with Gasteiger partial charge in [-0.05, 0) is 32.9 Å². The molecular weight excluding hydrogens is 314 g/mol. The van der Waals surface area contributed by atoms with Crippen LogP contribution in [-0.4, -0.2) is 31.5 Å². The van der Waals surface area contributed by atoms with Gasteiger partial charge in [-0.3, -0.25) is 0 Å². The van der Waals surface area contributed by atoms with Crippen molar-refractivity contribution in [3.05, 3.63) is 29.7 Å². The molecule has 0 aromatic carbocycles. The van der Waals surface area contributed by atoms with Crippen molar-refractivity contribution in [3.8, 4) is 11.3 Å². The monoisotopic (exact) mass is 330 g/mol. The first-order valence-corrected chi connectivity index (χ1v) is 7.04. The van der Waals surface area contributed by atoms with E-state index in [0.717, 1.165) is 0 Å². The van der Waals surface area contributed by atoms with Gasteiger partial charge >= 0.3 is 6.55 Å². The summed E-state index contributed by atoms with van der Waals surface area (Å²) in [5.41, 5.74) is 0.779. The Kier molecular flexibility index (Phi) is 4.67. The van der Waals surface area contributed by atoms with E-state index in [0.29, 0.717) is 21.6 Å². The Balaban J connectivity index is 2.43. The highest BCUT2D eigenvalue weighted by atomic mass is 35.5. The van der Waals surface area contributed by atoms with Crippen molar-refractivity contribution in [2.45, 2.75) is 39.0 Å². The molecular formula is C14H17ClF2N4O. The molecule has 2 rings (SSSR count). The molecule has 0 radical (unpaired) electrons. The Morgan fingerprint density at radius 2 is 2.09 bits per heavy atom. The van der Waals surface area contributed by atoms with Gasteiger partial charge in [-0.25, -0.2) is 9.67 Å². The third kappa shape index (κ3) is 3.53. The van der Waals surface area contributed by atoms with Crippen LogP contribution >= 0.6 is 11.6 Å². The first kappa shape index (κ1) is 16.6. The standard InChI is InChI=1S/C14H17ClF2N4O/c1-8(22)14(2,3)19-11-6-12(15)18-7-9(11)10-4-5-21(20-10)13(16)17/h4-8,13,22H,1-3H3,(H,18,19). The molecule has 0 saturated carbocycles. The molecule has 0 aliphatic heterocycles. The summed E-state index contributed by atoms with van der Waals surface area (Å²) in [4.78, 5) is 3.97. The van der Waals surface area contributed by atoms with Crippen LogP contribution in [0.15, 0.2) is 24.5 Å². The van der Waals surface area contributed by atoms with E-state index in [9.17, 15) is 13.9 Å². The van der Waals surface area contributed by atoms with E-state index in [1.807, 2.05) is 13.8 Å². The summed E-state index contributed by atoms with van der Waals surface area (Å²) in [5, 5.41) is 17.0. The summed E-state index contributed by atoms with van der Waals surface area (Å²) < 4.78 is 25.9. The van der Waals surface area contributed by atoms with E-state index in [1.54, 1.807) is 13.0 Å². The van der Waals surface area contributed by atoms with Crippen molar-refractivity contribution in [1.29, 1.82) is 0 Å². The lowest BCUT2D eigenvalue weighted by atomic mass is 9.97. The second kappa shape index (κ2) is 6.18. The Bertz CT molecular complexity index is 658.